The Hall–Kier alpha value is -2.36. The maximum absolute atomic E-state index is 5.52. The van der Waals surface area contributed by atoms with Gasteiger partial charge in [-0.1, -0.05) is 49.3 Å². The first-order valence-electron chi connectivity index (χ1n) is 11.7. The summed E-state index contributed by atoms with van der Waals surface area (Å²) in [6.07, 6.45) is 8.14. The molecule has 2 aromatic heterocycles. The predicted octanol–water partition coefficient (Wildman–Crippen LogP) is 5.28. The molecule has 0 aliphatic heterocycles. The molecule has 0 saturated heterocycles. The summed E-state index contributed by atoms with van der Waals surface area (Å²) in [4.78, 5) is 9.23. The number of hydrogen-bond donors (Lipinski definition) is 2. The van der Waals surface area contributed by atoms with Crippen molar-refractivity contribution < 1.29 is 4.52 Å². The highest BCUT2D eigenvalue weighted by Crippen LogP contribution is 2.22. The van der Waals surface area contributed by atoms with E-state index in [0.29, 0.717) is 19.0 Å². The van der Waals surface area contributed by atoms with E-state index in [-0.39, 0.29) is 24.0 Å². The number of halogens is 1. The molecule has 7 nitrogen and oxygen atoms in total. The molecule has 0 spiro atoms. The molecule has 0 unspecified atom stereocenters. The number of aliphatic imine (C=N–C) groups is 1. The highest BCUT2D eigenvalue weighted by atomic mass is 127. The molecule has 3 aromatic rings. The van der Waals surface area contributed by atoms with E-state index in [1.54, 1.807) is 0 Å². The van der Waals surface area contributed by atoms with E-state index in [2.05, 4.69) is 76.4 Å². The minimum Gasteiger partial charge on any atom is -0.359 e. The van der Waals surface area contributed by atoms with Gasteiger partial charge in [-0.2, -0.15) is 0 Å². The van der Waals surface area contributed by atoms with Gasteiger partial charge in [-0.25, -0.2) is 9.98 Å². The molecule has 1 aromatic carbocycles. The van der Waals surface area contributed by atoms with Crippen LogP contribution in [0.3, 0.4) is 0 Å². The first-order chi connectivity index (χ1) is 15.7. The first-order valence-corrected chi connectivity index (χ1v) is 11.7. The summed E-state index contributed by atoms with van der Waals surface area (Å²) in [5, 5.41) is 10.9. The summed E-state index contributed by atoms with van der Waals surface area (Å²) in [5.41, 5.74) is 2.40. The zero-order valence-electron chi connectivity index (χ0n) is 20.0. The Balaban J connectivity index is 0.00000385. The van der Waals surface area contributed by atoms with Crippen LogP contribution >= 0.6 is 24.0 Å². The van der Waals surface area contributed by atoms with Crippen LogP contribution in [0.15, 0.2) is 58.3 Å². The fraction of sp³-hybridized carbons (Fsp3) is 0.480. The van der Waals surface area contributed by atoms with Crippen molar-refractivity contribution in [3.63, 3.8) is 0 Å². The number of rotatable bonds is 12. The van der Waals surface area contributed by atoms with Crippen LogP contribution in [0.2, 0.25) is 0 Å². The molecule has 0 aliphatic rings. The number of nitrogens with one attached hydrogen (secondary N) is 2. The van der Waals surface area contributed by atoms with Crippen LogP contribution in [-0.4, -0.2) is 27.2 Å². The Morgan fingerprint density at radius 2 is 1.91 bits per heavy atom. The van der Waals surface area contributed by atoms with Gasteiger partial charge in [-0.15, -0.1) is 24.0 Å². The van der Waals surface area contributed by atoms with Crippen LogP contribution in [0.25, 0.3) is 0 Å². The van der Waals surface area contributed by atoms with Crippen molar-refractivity contribution in [1.29, 1.82) is 0 Å². The van der Waals surface area contributed by atoms with Crippen molar-refractivity contribution in [3.05, 3.63) is 71.6 Å². The fourth-order valence-electron chi connectivity index (χ4n) is 3.77. The average Bonchev–Trinajstić information content (AvgIpc) is 3.47. The average molecular weight is 565 g/mol. The lowest BCUT2D eigenvalue weighted by molar-refractivity contribution is 0.368. The molecule has 2 heterocycles. The van der Waals surface area contributed by atoms with Gasteiger partial charge in [0.1, 0.15) is 12.4 Å². The van der Waals surface area contributed by atoms with Crippen LogP contribution < -0.4 is 10.6 Å². The molecule has 0 aliphatic carbocycles. The Morgan fingerprint density at radius 1 is 1.12 bits per heavy atom. The van der Waals surface area contributed by atoms with Gasteiger partial charge < -0.3 is 19.7 Å². The molecular weight excluding hydrogens is 527 g/mol. The van der Waals surface area contributed by atoms with Gasteiger partial charge in [-0.3, -0.25) is 0 Å². The Kier molecular flexibility index (Phi) is 12.0. The highest BCUT2D eigenvalue weighted by molar-refractivity contribution is 14.0. The van der Waals surface area contributed by atoms with Crippen molar-refractivity contribution in [2.75, 3.05) is 6.54 Å². The fourth-order valence-corrected chi connectivity index (χ4v) is 3.77. The second kappa shape index (κ2) is 14.7. The van der Waals surface area contributed by atoms with E-state index >= 15 is 0 Å². The molecule has 8 heteroatoms. The van der Waals surface area contributed by atoms with Gasteiger partial charge in [0.2, 0.25) is 0 Å². The second-order valence-corrected chi connectivity index (χ2v) is 7.91. The van der Waals surface area contributed by atoms with E-state index in [4.69, 9.17) is 9.52 Å². The van der Waals surface area contributed by atoms with Crippen molar-refractivity contribution in [3.8, 4) is 0 Å². The molecule has 0 radical (unpaired) electrons. The van der Waals surface area contributed by atoms with E-state index in [0.717, 1.165) is 62.0 Å². The number of imidazole rings is 1. The highest BCUT2D eigenvalue weighted by Gasteiger charge is 2.13. The number of guanidine groups is 1. The second-order valence-electron chi connectivity index (χ2n) is 7.91. The SMILES string of the molecule is CCNC(=NCc1nccn1CCCc1ccccc1)NCc1cc(C(CC)CC)no1.I. The molecular formula is C25H37IN6O. The standard InChI is InChI=1S/C25H36N6O.HI/c1-4-21(5-2)23-17-22(32-30-23)18-28-25(26-6-3)29-19-24-27-14-16-31(24)15-10-13-20-11-8-7-9-12-20;/h7-9,11-12,14,16-17,21H,4-6,10,13,15,18-19H2,1-3H3,(H2,26,28,29);1H. The quantitative estimate of drug-likeness (QED) is 0.178. The number of aromatic nitrogens is 3. The third kappa shape index (κ3) is 8.49. The molecule has 0 amide bonds. The normalized spacial score (nSPS) is 11.5. The lowest BCUT2D eigenvalue weighted by atomic mass is 9.99. The third-order valence-electron chi connectivity index (χ3n) is 5.64. The number of hydrogen-bond acceptors (Lipinski definition) is 4. The topological polar surface area (TPSA) is 80.3 Å². The van der Waals surface area contributed by atoms with Crippen LogP contribution in [0.5, 0.6) is 0 Å². The molecule has 180 valence electrons. The van der Waals surface area contributed by atoms with Gasteiger partial charge in [0.25, 0.3) is 0 Å². The van der Waals surface area contributed by atoms with Crippen LogP contribution in [0, 0.1) is 0 Å². The monoisotopic (exact) mass is 564 g/mol. The maximum atomic E-state index is 5.52. The Labute approximate surface area is 214 Å². The van der Waals surface area contributed by atoms with Gasteiger partial charge in [-0.05, 0) is 38.2 Å². The summed E-state index contributed by atoms with van der Waals surface area (Å²) >= 11 is 0. The Morgan fingerprint density at radius 3 is 2.64 bits per heavy atom. The summed E-state index contributed by atoms with van der Waals surface area (Å²) in [6, 6.07) is 12.6. The Bertz CT molecular complexity index is 949. The van der Waals surface area contributed by atoms with E-state index in [1.807, 2.05) is 18.5 Å². The van der Waals surface area contributed by atoms with Gasteiger partial charge >= 0.3 is 0 Å². The summed E-state index contributed by atoms with van der Waals surface area (Å²) in [7, 11) is 0. The van der Waals surface area contributed by atoms with Gasteiger partial charge in [0, 0.05) is 37.5 Å². The van der Waals surface area contributed by atoms with Crippen LogP contribution in [0.4, 0.5) is 0 Å². The lowest BCUT2D eigenvalue weighted by Crippen LogP contribution is -2.36. The minimum absolute atomic E-state index is 0. The first kappa shape index (κ1) is 26.9. The number of benzene rings is 1. The largest absolute Gasteiger partial charge is 0.359 e. The van der Waals surface area contributed by atoms with Crippen molar-refractivity contribution in [2.24, 2.45) is 4.99 Å². The maximum Gasteiger partial charge on any atom is 0.192 e. The molecule has 3 rings (SSSR count). The van der Waals surface area contributed by atoms with Crippen LogP contribution in [-0.2, 0) is 26.1 Å². The zero-order chi connectivity index (χ0) is 22.6. The van der Waals surface area contributed by atoms with Gasteiger partial charge in [0.05, 0.1) is 12.2 Å². The van der Waals surface area contributed by atoms with Gasteiger partial charge in [0.15, 0.2) is 11.7 Å². The zero-order valence-corrected chi connectivity index (χ0v) is 22.3. The summed E-state index contributed by atoms with van der Waals surface area (Å²) in [5.74, 6) is 2.98. The van der Waals surface area contributed by atoms with E-state index in [9.17, 15) is 0 Å². The van der Waals surface area contributed by atoms with Crippen molar-refractivity contribution in [1.82, 2.24) is 25.3 Å². The minimum atomic E-state index is 0. The van der Waals surface area contributed by atoms with E-state index < -0.39 is 0 Å². The van der Waals surface area contributed by atoms with Crippen molar-refractivity contribution >= 4 is 29.9 Å². The molecule has 0 saturated carbocycles. The predicted molar refractivity (Wildman–Crippen MR) is 144 cm³/mol. The van der Waals surface area contributed by atoms with Crippen molar-refractivity contribution in [2.45, 2.75) is 72.0 Å². The summed E-state index contributed by atoms with van der Waals surface area (Å²) in [6.45, 7) is 9.20. The summed E-state index contributed by atoms with van der Waals surface area (Å²) < 4.78 is 7.71. The molecule has 0 fully saturated rings. The number of aryl methyl sites for hydroxylation is 2. The molecule has 2 N–H and O–H groups in total. The molecule has 0 bridgehead atoms. The molecule has 33 heavy (non-hydrogen) atoms. The third-order valence-corrected chi connectivity index (χ3v) is 5.64. The molecule has 0 atom stereocenters. The smallest absolute Gasteiger partial charge is 0.192 e. The number of nitrogens with zero attached hydrogens (tertiary/aromatic N) is 4. The lowest BCUT2D eigenvalue weighted by Gasteiger charge is -2.11. The van der Waals surface area contributed by atoms with Crippen LogP contribution in [0.1, 0.15) is 68.8 Å². The van der Waals surface area contributed by atoms with E-state index in [1.165, 1.54) is 5.56 Å².